The van der Waals surface area contributed by atoms with Gasteiger partial charge in [0.1, 0.15) is 5.76 Å². The second-order valence-electron chi connectivity index (χ2n) is 7.12. The number of piperidine rings is 1. The van der Waals surface area contributed by atoms with Gasteiger partial charge in [0.2, 0.25) is 17.1 Å². The van der Waals surface area contributed by atoms with E-state index in [4.69, 9.17) is 10.2 Å². The predicted octanol–water partition coefficient (Wildman–Crippen LogP) is 2.34. The molecule has 6 heteroatoms. The topological polar surface area (TPSA) is 96.8 Å². The first kappa shape index (κ1) is 18.5. The Morgan fingerprint density at radius 1 is 1.33 bits per heavy atom. The number of amides is 1. The Bertz CT molecular complexity index is 618. The van der Waals surface area contributed by atoms with Crippen LogP contribution >= 0.6 is 0 Å². The number of carbonyl (C=O) groups is 1. The van der Waals surface area contributed by atoms with E-state index in [1.165, 1.54) is 12.5 Å². The Morgan fingerprint density at radius 3 is 2.58 bits per heavy atom. The van der Waals surface area contributed by atoms with E-state index in [9.17, 15) is 14.7 Å². The Hall–Kier alpha value is -1.82. The van der Waals surface area contributed by atoms with Crippen LogP contribution < -0.4 is 11.2 Å². The molecule has 1 atom stereocenters. The van der Waals surface area contributed by atoms with Crippen LogP contribution in [0.15, 0.2) is 15.3 Å². The average Bonchev–Trinajstić information content (AvgIpc) is 2.50. The van der Waals surface area contributed by atoms with Crippen molar-refractivity contribution < 1.29 is 14.3 Å². The number of likely N-dealkylation sites (tertiary alicyclic amines) is 1. The summed E-state index contributed by atoms with van der Waals surface area (Å²) in [5, 5.41) is 10.2. The van der Waals surface area contributed by atoms with Crippen LogP contribution in [0.3, 0.4) is 0 Å². The van der Waals surface area contributed by atoms with Crippen LogP contribution in [0.4, 0.5) is 0 Å². The monoisotopic (exact) mass is 336 g/mol. The summed E-state index contributed by atoms with van der Waals surface area (Å²) in [4.78, 5) is 25.8. The Labute approximate surface area is 142 Å². The molecule has 2 rings (SSSR count). The molecule has 1 saturated heterocycles. The molecule has 0 aliphatic carbocycles. The number of hydrogen-bond donors (Lipinski definition) is 2. The van der Waals surface area contributed by atoms with E-state index in [1.807, 2.05) is 13.8 Å². The molecule has 1 amide bonds. The van der Waals surface area contributed by atoms with Gasteiger partial charge in [-0.1, -0.05) is 20.3 Å². The first-order valence-corrected chi connectivity index (χ1v) is 8.73. The summed E-state index contributed by atoms with van der Waals surface area (Å²) in [6.45, 7) is 6.54. The summed E-state index contributed by atoms with van der Waals surface area (Å²) in [6, 6.07) is 1.35. The van der Waals surface area contributed by atoms with Crippen molar-refractivity contribution in [3.8, 4) is 5.75 Å². The highest BCUT2D eigenvalue weighted by atomic mass is 16.4. The molecule has 1 aromatic rings. The quantitative estimate of drug-likeness (QED) is 0.796. The highest BCUT2D eigenvalue weighted by molar-refractivity contribution is 5.74. The zero-order valence-electron chi connectivity index (χ0n) is 14.6. The van der Waals surface area contributed by atoms with E-state index < -0.39 is 17.1 Å². The van der Waals surface area contributed by atoms with Crippen molar-refractivity contribution in [2.45, 2.75) is 58.4 Å². The van der Waals surface area contributed by atoms with Gasteiger partial charge in [-0.05, 0) is 38.3 Å². The smallest absolute Gasteiger partial charge is 0.227 e. The highest BCUT2D eigenvalue weighted by Gasteiger charge is 2.25. The molecule has 0 radical (unpaired) electrons. The number of rotatable bonds is 7. The van der Waals surface area contributed by atoms with Gasteiger partial charge in [-0.2, -0.15) is 0 Å². The molecule has 1 aliphatic heterocycles. The molecule has 134 valence electrons. The fourth-order valence-electron chi connectivity index (χ4n) is 3.34. The van der Waals surface area contributed by atoms with Crippen LogP contribution in [0.25, 0.3) is 0 Å². The maximum absolute atomic E-state index is 12.1. The SMILES string of the molecule is CC(C)C[C@@H](CC(N)=O)c1oc(CN2CCCCC2)cc(=O)c1O. The van der Waals surface area contributed by atoms with E-state index >= 15 is 0 Å². The van der Waals surface area contributed by atoms with Gasteiger partial charge in [0.05, 0.1) is 6.54 Å². The van der Waals surface area contributed by atoms with Gasteiger partial charge in [-0.3, -0.25) is 14.5 Å². The third kappa shape index (κ3) is 5.09. The summed E-state index contributed by atoms with van der Waals surface area (Å²) in [5.41, 5.74) is 4.88. The molecule has 2 heterocycles. The van der Waals surface area contributed by atoms with Gasteiger partial charge in [0, 0.05) is 18.4 Å². The number of hydrogen-bond acceptors (Lipinski definition) is 5. The van der Waals surface area contributed by atoms with Gasteiger partial charge < -0.3 is 15.3 Å². The zero-order valence-corrected chi connectivity index (χ0v) is 14.6. The molecule has 1 aromatic heterocycles. The molecule has 0 spiro atoms. The Balaban J connectivity index is 2.28. The normalized spacial score (nSPS) is 17.1. The van der Waals surface area contributed by atoms with Gasteiger partial charge >= 0.3 is 0 Å². The van der Waals surface area contributed by atoms with Crippen LogP contribution in [-0.4, -0.2) is 29.0 Å². The van der Waals surface area contributed by atoms with Crippen molar-refractivity contribution in [1.82, 2.24) is 4.90 Å². The van der Waals surface area contributed by atoms with Crippen molar-refractivity contribution in [1.29, 1.82) is 0 Å². The van der Waals surface area contributed by atoms with Crippen molar-refractivity contribution in [2.75, 3.05) is 13.1 Å². The van der Waals surface area contributed by atoms with Crippen LogP contribution in [0.2, 0.25) is 0 Å². The summed E-state index contributed by atoms with van der Waals surface area (Å²) >= 11 is 0. The van der Waals surface area contributed by atoms with Crippen molar-refractivity contribution in [3.05, 3.63) is 27.8 Å². The second kappa shape index (κ2) is 8.33. The molecule has 0 aromatic carbocycles. The van der Waals surface area contributed by atoms with Gasteiger partial charge in [0.15, 0.2) is 5.76 Å². The molecule has 0 bridgehead atoms. The number of aromatic hydroxyl groups is 1. The average molecular weight is 336 g/mol. The maximum atomic E-state index is 12.1. The van der Waals surface area contributed by atoms with Crippen molar-refractivity contribution >= 4 is 5.91 Å². The Kier molecular flexibility index (Phi) is 6.43. The van der Waals surface area contributed by atoms with Gasteiger partial charge in [0.25, 0.3) is 0 Å². The molecule has 0 saturated carbocycles. The third-order valence-electron chi connectivity index (χ3n) is 4.40. The first-order chi connectivity index (χ1) is 11.4. The van der Waals surface area contributed by atoms with E-state index in [0.29, 0.717) is 18.7 Å². The molecule has 1 aliphatic rings. The first-order valence-electron chi connectivity index (χ1n) is 8.73. The van der Waals surface area contributed by atoms with E-state index in [1.54, 1.807) is 0 Å². The fraction of sp³-hybridized carbons (Fsp3) is 0.667. The summed E-state index contributed by atoms with van der Waals surface area (Å²) in [5.74, 6) is -0.232. The van der Waals surface area contributed by atoms with Crippen LogP contribution in [0.5, 0.6) is 5.75 Å². The van der Waals surface area contributed by atoms with E-state index in [-0.39, 0.29) is 24.0 Å². The van der Waals surface area contributed by atoms with Crippen LogP contribution in [0, 0.1) is 5.92 Å². The fourth-order valence-corrected chi connectivity index (χ4v) is 3.34. The maximum Gasteiger partial charge on any atom is 0.227 e. The molecular weight excluding hydrogens is 308 g/mol. The number of nitrogens with two attached hydrogens (primary N) is 1. The number of carbonyl (C=O) groups excluding carboxylic acids is 1. The largest absolute Gasteiger partial charge is 0.502 e. The minimum absolute atomic E-state index is 0.0574. The lowest BCUT2D eigenvalue weighted by Crippen LogP contribution is -2.29. The molecule has 24 heavy (non-hydrogen) atoms. The lowest BCUT2D eigenvalue weighted by molar-refractivity contribution is -0.118. The molecule has 0 unspecified atom stereocenters. The molecular formula is C18H28N2O4. The number of nitrogens with zero attached hydrogens (tertiary/aromatic N) is 1. The minimum Gasteiger partial charge on any atom is -0.502 e. The van der Waals surface area contributed by atoms with E-state index in [2.05, 4.69) is 4.90 Å². The predicted molar refractivity (Wildman–Crippen MR) is 91.8 cm³/mol. The molecule has 6 nitrogen and oxygen atoms in total. The standard InChI is InChI=1S/C18H28N2O4/c1-12(2)8-13(9-16(19)22)18-17(23)15(21)10-14(24-18)11-20-6-4-3-5-7-20/h10,12-13,23H,3-9,11H2,1-2H3,(H2,19,22)/t13-/m0/s1. The molecule has 3 N–H and O–H groups in total. The highest BCUT2D eigenvalue weighted by Crippen LogP contribution is 2.32. The lowest BCUT2D eigenvalue weighted by Gasteiger charge is -2.26. The Morgan fingerprint density at radius 2 is 2.00 bits per heavy atom. The molecule has 1 fully saturated rings. The number of primary amides is 1. The summed E-state index contributed by atoms with van der Waals surface area (Å²) < 4.78 is 5.86. The van der Waals surface area contributed by atoms with Crippen LogP contribution in [0.1, 0.15) is 63.4 Å². The van der Waals surface area contributed by atoms with Crippen molar-refractivity contribution in [2.24, 2.45) is 11.7 Å². The van der Waals surface area contributed by atoms with E-state index in [0.717, 1.165) is 25.9 Å². The van der Waals surface area contributed by atoms with Crippen LogP contribution in [-0.2, 0) is 11.3 Å². The second-order valence-corrected chi connectivity index (χ2v) is 7.12. The van der Waals surface area contributed by atoms with Crippen molar-refractivity contribution in [3.63, 3.8) is 0 Å². The third-order valence-corrected chi connectivity index (χ3v) is 4.40. The lowest BCUT2D eigenvalue weighted by atomic mass is 9.91. The van der Waals surface area contributed by atoms with Gasteiger partial charge in [-0.15, -0.1) is 0 Å². The minimum atomic E-state index is -0.468. The van der Waals surface area contributed by atoms with Gasteiger partial charge in [-0.25, -0.2) is 0 Å². The zero-order chi connectivity index (χ0) is 17.7. The summed E-state index contributed by atoms with van der Waals surface area (Å²) in [7, 11) is 0. The summed E-state index contributed by atoms with van der Waals surface area (Å²) in [6.07, 6.45) is 4.20.